The molecule has 1 fully saturated rings. The number of nitrogens with one attached hydrogen (secondary N) is 1. The third-order valence-electron chi connectivity index (χ3n) is 3.24. The van der Waals surface area contributed by atoms with E-state index in [0.29, 0.717) is 18.9 Å². The summed E-state index contributed by atoms with van der Waals surface area (Å²) in [6, 6.07) is -0.00345. The minimum absolute atomic E-state index is 0.00345. The van der Waals surface area contributed by atoms with Crippen molar-refractivity contribution in [2.75, 3.05) is 19.6 Å². The van der Waals surface area contributed by atoms with E-state index in [1.807, 2.05) is 4.90 Å². The fraction of sp³-hybridized carbons (Fsp3) is 0.833. The largest absolute Gasteiger partial charge is 0.481 e. The normalized spacial score (nSPS) is 19.4. The van der Waals surface area contributed by atoms with Crippen molar-refractivity contribution in [1.82, 2.24) is 10.2 Å². The highest BCUT2D eigenvalue weighted by Gasteiger charge is 2.24. The molecule has 5 heteroatoms. The molecule has 0 spiro atoms. The van der Waals surface area contributed by atoms with Gasteiger partial charge in [-0.2, -0.15) is 0 Å². The van der Waals surface area contributed by atoms with E-state index < -0.39 is 5.97 Å². The summed E-state index contributed by atoms with van der Waals surface area (Å²) in [6.45, 7) is 4.42. The summed E-state index contributed by atoms with van der Waals surface area (Å²) in [4.78, 5) is 23.8. The maximum atomic E-state index is 11.7. The van der Waals surface area contributed by atoms with Crippen LogP contribution >= 0.6 is 0 Å². The lowest BCUT2D eigenvalue weighted by Gasteiger charge is -2.17. The minimum atomic E-state index is -0.776. The molecular weight excluding hydrogens is 220 g/mol. The average Bonchev–Trinajstić information content (AvgIpc) is 2.76. The molecule has 2 N–H and O–H groups in total. The van der Waals surface area contributed by atoms with Crippen LogP contribution in [0.4, 0.5) is 4.79 Å². The zero-order valence-corrected chi connectivity index (χ0v) is 10.4. The highest BCUT2D eigenvalue weighted by Crippen LogP contribution is 2.18. The molecule has 1 heterocycles. The number of amides is 2. The van der Waals surface area contributed by atoms with Gasteiger partial charge in [0, 0.05) is 26.1 Å². The summed E-state index contributed by atoms with van der Waals surface area (Å²) in [5.74, 6) is -0.130. The van der Waals surface area contributed by atoms with Crippen LogP contribution in [0.1, 0.15) is 39.0 Å². The van der Waals surface area contributed by atoms with Crippen LogP contribution in [0.5, 0.6) is 0 Å². The third-order valence-corrected chi connectivity index (χ3v) is 3.24. The van der Waals surface area contributed by atoms with E-state index >= 15 is 0 Å². The van der Waals surface area contributed by atoms with Crippen LogP contribution in [0, 0.1) is 5.92 Å². The monoisotopic (exact) mass is 242 g/mol. The Kier molecular flexibility index (Phi) is 5.80. The summed E-state index contributed by atoms with van der Waals surface area (Å²) < 4.78 is 0. The minimum Gasteiger partial charge on any atom is -0.481 e. The number of rotatable bonds is 6. The van der Waals surface area contributed by atoms with Crippen LogP contribution in [0.3, 0.4) is 0 Å². The lowest BCUT2D eigenvalue weighted by molar-refractivity contribution is -0.137. The van der Waals surface area contributed by atoms with Gasteiger partial charge in [0.25, 0.3) is 0 Å². The van der Waals surface area contributed by atoms with Crippen LogP contribution in [0.15, 0.2) is 0 Å². The highest BCUT2D eigenvalue weighted by atomic mass is 16.4. The molecule has 0 saturated carbocycles. The maximum Gasteiger partial charge on any atom is 0.317 e. The SMILES string of the molecule is CCC1CCN(C(=O)NCCCCC(=O)O)C1. The third kappa shape index (κ3) is 5.06. The van der Waals surface area contributed by atoms with Gasteiger partial charge in [-0.25, -0.2) is 4.79 Å². The molecule has 1 aliphatic rings. The number of hydrogen-bond acceptors (Lipinski definition) is 2. The fourth-order valence-electron chi connectivity index (χ4n) is 2.06. The highest BCUT2D eigenvalue weighted by molar-refractivity contribution is 5.74. The summed E-state index contributed by atoms with van der Waals surface area (Å²) in [7, 11) is 0. The van der Waals surface area contributed by atoms with Crippen molar-refractivity contribution in [2.45, 2.75) is 39.0 Å². The van der Waals surface area contributed by atoms with E-state index in [1.54, 1.807) is 0 Å². The number of aliphatic carboxylic acids is 1. The van der Waals surface area contributed by atoms with E-state index in [0.717, 1.165) is 32.4 Å². The molecule has 0 aliphatic carbocycles. The topological polar surface area (TPSA) is 69.6 Å². The Bertz CT molecular complexity index is 268. The number of carbonyl (C=O) groups excluding carboxylic acids is 1. The number of carboxylic acid groups (broad SMARTS) is 1. The van der Waals surface area contributed by atoms with Gasteiger partial charge < -0.3 is 15.3 Å². The standard InChI is InChI=1S/C12H22N2O3/c1-2-10-6-8-14(9-10)12(17)13-7-4-3-5-11(15)16/h10H,2-9H2,1H3,(H,13,17)(H,15,16). The molecule has 0 aromatic heterocycles. The van der Waals surface area contributed by atoms with Gasteiger partial charge in [-0.05, 0) is 25.2 Å². The molecule has 98 valence electrons. The van der Waals surface area contributed by atoms with Crippen LogP contribution in [0.25, 0.3) is 0 Å². The zero-order valence-electron chi connectivity index (χ0n) is 10.4. The molecule has 0 aromatic carbocycles. The van der Waals surface area contributed by atoms with Gasteiger partial charge in [0.1, 0.15) is 0 Å². The van der Waals surface area contributed by atoms with Gasteiger partial charge >= 0.3 is 12.0 Å². The Morgan fingerprint density at radius 2 is 2.18 bits per heavy atom. The molecule has 1 atom stereocenters. The van der Waals surface area contributed by atoms with Crippen LogP contribution < -0.4 is 5.32 Å². The van der Waals surface area contributed by atoms with Crippen molar-refractivity contribution >= 4 is 12.0 Å². The molecule has 0 bridgehead atoms. The van der Waals surface area contributed by atoms with E-state index in [9.17, 15) is 9.59 Å². The van der Waals surface area contributed by atoms with Crippen molar-refractivity contribution in [3.05, 3.63) is 0 Å². The lowest BCUT2D eigenvalue weighted by Crippen LogP contribution is -2.38. The Labute approximate surface area is 102 Å². The summed E-state index contributed by atoms with van der Waals surface area (Å²) in [6.07, 6.45) is 3.75. The lowest BCUT2D eigenvalue weighted by atomic mass is 10.1. The summed E-state index contributed by atoms with van der Waals surface area (Å²) >= 11 is 0. The van der Waals surface area contributed by atoms with Crippen molar-refractivity contribution in [1.29, 1.82) is 0 Å². The van der Waals surface area contributed by atoms with Crippen molar-refractivity contribution in [2.24, 2.45) is 5.92 Å². The van der Waals surface area contributed by atoms with Crippen LogP contribution in [-0.4, -0.2) is 41.6 Å². The number of nitrogens with zero attached hydrogens (tertiary/aromatic N) is 1. The van der Waals surface area contributed by atoms with Crippen LogP contribution in [0.2, 0.25) is 0 Å². The number of carbonyl (C=O) groups is 2. The first kappa shape index (κ1) is 13.8. The Morgan fingerprint density at radius 1 is 1.41 bits per heavy atom. The predicted molar refractivity (Wildman–Crippen MR) is 64.9 cm³/mol. The van der Waals surface area contributed by atoms with E-state index in [1.165, 1.54) is 0 Å². The molecule has 2 amide bonds. The molecule has 0 aromatic rings. The molecule has 1 rings (SSSR count). The molecular formula is C12H22N2O3. The number of hydrogen-bond donors (Lipinski definition) is 2. The van der Waals surface area contributed by atoms with E-state index in [2.05, 4.69) is 12.2 Å². The second kappa shape index (κ2) is 7.14. The first-order valence-electron chi connectivity index (χ1n) is 6.38. The predicted octanol–water partition coefficient (Wildman–Crippen LogP) is 1.68. The van der Waals surface area contributed by atoms with Gasteiger partial charge in [0.2, 0.25) is 0 Å². The molecule has 17 heavy (non-hydrogen) atoms. The number of carboxylic acids is 1. The average molecular weight is 242 g/mol. The number of unbranched alkanes of at least 4 members (excludes halogenated alkanes) is 1. The Morgan fingerprint density at radius 3 is 2.76 bits per heavy atom. The van der Waals surface area contributed by atoms with Gasteiger partial charge in [-0.1, -0.05) is 13.3 Å². The Balaban J connectivity index is 2.07. The Hall–Kier alpha value is -1.26. The maximum absolute atomic E-state index is 11.7. The number of likely N-dealkylation sites (tertiary alicyclic amines) is 1. The zero-order chi connectivity index (χ0) is 12.7. The first-order valence-corrected chi connectivity index (χ1v) is 6.38. The summed E-state index contributed by atoms with van der Waals surface area (Å²) in [5.41, 5.74) is 0. The van der Waals surface area contributed by atoms with Gasteiger partial charge in [0.15, 0.2) is 0 Å². The second-order valence-electron chi connectivity index (χ2n) is 4.59. The number of urea groups is 1. The van der Waals surface area contributed by atoms with Gasteiger partial charge in [0.05, 0.1) is 0 Å². The quantitative estimate of drug-likeness (QED) is 0.696. The fourth-order valence-corrected chi connectivity index (χ4v) is 2.06. The summed E-state index contributed by atoms with van der Waals surface area (Å²) in [5, 5.41) is 11.3. The van der Waals surface area contributed by atoms with E-state index in [4.69, 9.17) is 5.11 Å². The smallest absolute Gasteiger partial charge is 0.317 e. The second-order valence-corrected chi connectivity index (χ2v) is 4.59. The van der Waals surface area contributed by atoms with Crippen molar-refractivity contribution in [3.63, 3.8) is 0 Å². The van der Waals surface area contributed by atoms with Gasteiger partial charge in [-0.3, -0.25) is 4.79 Å². The first-order chi connectivity index (χ1) is 8.13. The molecule has 1 aliphatic heterocycles. The van der Waals surface area contributed by atoms with Crippen LogP contribution in [-0.2, 0) is 4.79 Å². The van der Waals surface area contributed by atoms with Crippen molar-refractivity contribution < 1.29 is 14.7 Å². The molecule has 0 radical (unpaired) electrons. The van der Waals surface area contributed by atoms with Gasteiger partial charge in [-0.15, -0.1) is 0 Å². The van der Waals surface area contributed by atoms with Crippen molar-refractivity contribution in [3.8, 4) is 0 Å². The molecule has 5 nitrogen and oxygen atoms in total. The van der Waals surface area contributed by atoms with E-state index in [-0.39, 0.29) is 12.5 Å². The molecule has 1 saturated heterocycles. The molecule has 1 unspecified atom stereocenters.